The standard InChI is InChI=1S/C27H33FN4O3/c1-7-31(17-19(2)29)23-14-8-20(16-24(23)34-6)9-15-25-30-35-27(5,32(25)18-26(3,4)33)21-10-12-22(28)13-11-21/h7-17,33H,1,18,29H2,2-6H3/b15-9+,19-17-. The van der Waals surface area contributed by atoms with Crippen molar-refractivity contribution < 1.29 is 19.1 Å². The molecule has 3 N–H and O–H groups in total. The van der Waals surface area contributed by atoms with Gasteiger partial charge in [-0.1, -0.05) is 36.0 Å². The zero-order valence-corrected chi connectivity index (χ0v) is 20.8. The third kappa shape index (κ3) is 6.02. The Kier molecular flexibility index (Phi) is 7.55. The molecule has 0 spiro atoms. The van der Waals surface area contributed by atoms with Gasteiger partial charge in [-0.3, -0.25) is 0 Å². The van der Waals surface area contributed by atoms with E-state index in [-0.39, 0.29) is 12.4 Å². The zero-order valence-electron chi connectivity index (χ0n) is 20.8. The number of anilines is 1. The lowest BCUT2D eigenvalue weighted by atomic mass is 9.99. The molecule has 1 heterocycles. The van der Waals surface area contributed by atoms with Crippen molar-refractivity contribution in [3.8, 4) is 5.75 Å². The number of amidine groups is 1. The topological polar surface area (TPSA) is 83.5 Å². The molecule has 0 bridgehead atoms. The number of hydrogen-bond donors (Lipinski definition) is 2. The van der Waals surface area contributed by atoms with E-state index in [1.165, 1.54) is 12.1 Å². The number of hydrogen-bond acceptors (Lipinski definition) is 7. The van der Waals surface area contributed by atoms with E-state index in [0.29, 0.717) is 22.8 Å². The van der Waals surface area contributed by atoms with Crippen molar-refractivity contribution >= 4 is 17.6 Å². The van der Waals surface area contributed by atoms with Crippen LogP contribution in [0.3, 0.4) is 0 Å². The van der Waals surface area contributed by atoms with Crippen LogP contribution in [0.15, 0.2) is 78.4 Å². The molecule has 0 radical (unpaired) electrons. The second kappa shape index (κ2) is 10.2. The van der Waals surface area contributed by atoms with Gasteiger partial charge in [0.15, 0.2) is 5.84 Å². The maximum Gasteiger partial charge on any atom is 0.234 e. The first-order chi connectivity index (χ1) is 16.5. The number of methoxy groups -OCH3 is 1. The molecule has 8 heteroatoms. The Morgan fingerprint density at radius 2 is 1.97 bits per heavy atom. The third-order valence-corrected chi connectivity index (χ3v) is 5.48. The van der Waals surface area contributed by atoms with Crippen molar-refractivity contribution in [3.05, 3.63) is 90.2 Å². The number of aliphatic hydroxyl groups is 1. The van der Waals surface area contributed by atoms with Crippen molar-refractivity contribution in [1.29, 1.82) is 0 Å². The summed E-state index contributed by atoms with van der Waals surface area (Å²) in [6.45, 7) is 11.1. The molecule has 0 aliphatic carbocycles. The summed E-state index contributed by atoms with van der Waals surface area (Å²) in [5.41, 5.74) is 6.79. The maximum atomic E-state index is 13.5. The van der Waals surface area contributed by atoms with Gasteiger partial charge in [-0.25, -0.2) is 4.39 Å². The smallest absolute Gasteiger partial charge is 0.234 e. The highest BCUT2D eigenvalue weighted by atomic mass is 19.1. The first kappa shape index (κ1) is 25.8. The van der Waals surface area contributed by atoms with Crippen LogP contribution >= 0.6 is 0 Å². The molecule has 2 aromatic carbocycles. The summed E-state index contributed by atoms with van der Waals surface area (Å²) in [5, 5.41) is 14.8. The molecule has 2 aromatic rings. The summed E-state index contributed by atoms with van der Waals surface area (Å²) in [5.74, 6) is 0.824. The molecule has 0 saturated carbocycles. The molecular formula is C27H33FN4O3. The number of nitrogens with zero attached hydrogens (tertiary/aromatic N) is 3. The minimum absolute atomic E-state index is 0.241. The fourth-order valence-electron chi connectivity index (χ4n) is 3.78. The number of oxime groups is 1. The van der Waals surface area contributed by atoms with Gasteiger partial charge in [-0.15, -0.1) is 0 Å². The molecule has 1 unspecified atom stereocenters. The van der Waals surface area contributed by atoms with E-state index in [1.54, 1.807) is 57.3 Å². The van der Waals surface area contributed by atoms with E-state index in [9.17, 15) is 9.50 Å². The van der Waals surface area contributed by atoms with Crippen LogP contribution in [0.25, 0.3) is 6.08 Å². The Balaban J connectivity index is 1.92. The Morgan fingerprint density at radius 3 is 2.54 bits per heavy atom. The van der Waals surface area contributed by atoms with Gasteiger partial charge in [-0.05, 0) is 56.7 Å². The lowest BCUT2D eigenvalue weighted by Gasteiger charge is -2.37. The molecule has 1 aliphatic heterocycles. The van der Waals surface area contributed by atoms with E-state index in [2.05, 4.69) is 11.7 Å². The van der Waals surface area contributed by atoms with Crippen LogP contribution in [0.4, 0.5) is 10.1 Å². The SMILES string of the molecule is C=CN(/C=C(/C)N)c1ccc(/C=C/C2=NOC(C)(c3ccc(F)cc3)N2CC(C)(C)O)cc1OC. The Morgan fingerprint density at radius 1 is 1.29 bits per heavy atom. The van der Waals surface area contributed by atoms with Gasteiger partial charge in [0.25, 0.3) is 0 Å². The fourth-order valence-corrected chi connectivity index (χ4v) is 3.78. The zero-order chi connectivity index (χ0) is 25.8. The van der Waals surface area contributed by atoms with E-state index in [0.717, 1.165) is 11.3 Å². The van der Waals surface area contributed by atoms with Crippen molar-refractivity contribution in [2.24, 2.45) is 10.9 Å². The predicted molar refractivity (Wildman–Crippen MR) is 138 cm³/mol. The number of allylic oxidation sites excluding steroid dienone is 1. The van der Waals surface area contributed by atoms with Crippen LogP contribution in [0, 0.1) is 5.82 Å². The molecular weight excluding hydrogens is 447 g/mol. The molecule has 0 saturated heterocycles. The first-order valence-electron chi connectivity index (χ1n) is 11.2. The van der Waals surface area contributed by atoms with E-state index in [1.807, 2.05) is 42.2 Å². The van der Waals surface area contributed by atoms with Crippen LogP contribution in [-0.4, -0.2) is 35.1 Å². The second-order valence-electron chi connectivity index (χ2n) is 9.16. The largest absolute Gasteiger partial charge is 0.495 e. The summed E-state index contributed by atoms with van der Waals surface area (Å²) < 4.78 is 19.1. The maximum absolute atomic E-state index is 13.5. The van der Waals surface area contributed by atoms with Gasteiger partial charge in [0.2, 0.25) is 5.72 Å². The number of halogens is 1. The van der Waals surface area contributed by atoms with Gasteiger partial charge in [0.1, 0.15) is 11.6 Å². The van der Waals surface area contributed by atoms with Gasteiger partial charge in [0, 0.05) is 30.6 Å². The highest BCUT2D eigenvalue weighted by Gasteiger charge is 2.44. The minimum Gasteiger partial charge on any atom is -0.495 e. The summed E-state index contributed by atoms with van der Waals surface area (Å²) >= 11 is 0. The number of nitrogens with two attached hydrogens (primary N) is 1. The molecule has 186 valence electrons. The number of ether oxygens (including phenoxy) is 1. The van der Waals surface area contributed by atoms with Crippen molar-refractivity contribution in [1.82, 2.24) is 4.90 Å². The highest BCUT2D eigenvalue weighted by molar-refractivity contribution is 5.97. The van der Waals surface area contributed by atoms with Gasteiger partial charge in [0.05, 0.1) is 24.9 Å². The number of rotatable bonds is 9. The van der Waals surface area contributed by atoms with Crippen LogP contribution in [-0.2, 0) is 10.6 Å². The normalized spacial score (nSPS) is 18.4. The molecule has 3 rings (SSSR count). The van der Waals surface area contributed by atoms with E-state index < -0.39 is 11.3 Å². The average molecular weight is 481 g/mol. The molecule has 1 atom stereocenters. The predicted octanol–water partition coefficient (Wildman–Crippen LogP) is 4.91. The van der Waals surface area contributed by atoms with Crippen molar-refractivity contribution in [2.75, 3.05) is 18.6 Å². The lowest BCUT2D eigenvalue weighted by molar-refractivity contribution is -0.109. The molecule has 0 amide bonds. The minimum atomic E-state index is -1.03. The van der Waals surface area contributed by atoms with Crippen molar-refractivity contribution in [3.63, 3.8) is 0 Å². The van der Waals surface area contributed by atoms with Crippen LogP contribution in [0.5, 0.6) is 5.75 Å². The molecule has 35 heavy (non-hydrogen) atoms. The Labute approximate surface area is 206 Å². The van der Waals surface area contributed by atoms with Crippen molar-refractivity contribution in [2.45, 2.75) is 39.0 Å². The summed E-state index contributed by atoms with van der Waals surface area (Å²) in [6, 6.07) is 11.8. The molecule has 7 nitrogen and oxygen atoms in total. The lowest BCUT2D eigenvalue weighted by Crippen LogP contribution is -2.49. The Bertz CT molecular complexity index is 1150. The Hall–Kier alpha value is -3.78. The van der Waals surface area contributed by atoms with Gasteiger partial charge < -0.3 is 30.2 Å². The van der Waals surface area contributed by atoms with Crippen LogP contribution in [0.2, 0.25) is 0 Å². The molecule has 0 fully saturated rings. The summed E-state index contributed by atoms with van der Waals surface area (Å²) in [4.78, 5) is 9.49. The monoisotopic (exact) mass is 480 g/mol. The van der Waals surface area contributed by atoms with E-state index in [4.69, 9.17) is 15.3 Å². The first-order valence-corrected chi connectivity index (χ1v) is 11.2. The fraction of sp³-hybridized carbons (Fsp3) is 0.296. The number of β-amino-alcohol motifs (C(OH)–C–C–N with tert-alkyl or cyclic N) is 1. The van der Waals surface area contributed by atoms with Crippen LogP contribution in [0.1, 0.15) is 38.8 Å². The highest BCUT2D eigenvalue weighted by Crippen LogP contribution is 2.37. The van der Waals surface area contributed by atoms with E-state index >= 15 is 0 Å². The van der Waals surface area contributed by atoms with Crippen LogP contribution < -0.4 is 15.4 Å². The average Bonchev–Trinajstić information content (AvgIpc) is 3.11. The summed E-state index contributed by atoms with van der Waals surface area (Å²) in [6.07, 6.45) is 7.10. The number of benzene rings is 2. The summed E-state index contributed by atoms with van der Waals surface area (Å²) in [7, 11) is 1.60. The van der Waals surface area contributed by atoms with Gasteiger partial charge in [-0.2, -0.15) is 0 Å². The molecule has 0 aromatic heterocycles. The quantitative estimate of drug-likeness (QED) is 0.531. The molecule has 1 aliphatic rings. The second-order valence-corrected chi connectivity index (χ2v) is 9.16. The third-order valence-electron chi connectivity index (χ3n) is 5.48. The van der Waals surface area contributed by atoms with Gasteiger partial charge >= 0.3 is 0 Å².